The minimum Gasteiger partial charge on any atom is -0.493 e. The van der Waals surface area contributed by atoms with Gasteiger partial charge < -0.3 is 9.64 Å². The third-order valence-electron chi connectivity index (χ3n) is 6.99. The molecule has 0 bridgehead atoms. The van der Waals surface area contributed by atoms with Crippen LogP contribution >= 0.6 is 0 Å². The zero-order valence-corrected chi connectivity index (χ0v) is 22.2. The van der Waals surface area contributed by atoms with Gasteiger partial charge in [-0.1, -0.05) is 19.9 Å². The number of halogens is 4. The first-order valence-corrected chi connectivity index (χ1v) is 12.6. The highest BCUT2D eigenvalue weighted by molar-refractivity contribution is 6.42. The Morgan fingerprint density at radius 1 is 1.13 bits per heavy atom. The summed E-state index contributed by atoms with van der Waals surface area (Å²) in [7, 11) is 5.24. The molecule has 0 atom stereocenters. The van der Waals surface area contributed by atoms with Gasteiger partial charge in [0.05, 0.1) is 30.0 Å². The standard InChI is InChI=1S/C27H26B2F4N4O2/c1-14(2)13-39-22-10-15(16-6-7-20(27(31,32)33)23-18(16)11-36(3)35-23)9-21(30)19(22)12-37-25(38)17-5-4-8-34-24(17)26(37,28)29/h4-11,14H,12-13,28-29H2,1-3H3. The van der Waals surface area contributed by atoms with Crippen molar-refractivity contribution in [1.82, 2.24) is 19.7 Å². The summed E-state index contributed by atoms with van der Waals surface area (Å²) >= 11 is 0. The van der Waals surface area contributed by atoms with Gasteiger partial charge in [0.1, 0.15) is 32.8 Å². The van der Waals surface area contributed by atoms with Crippen LogP contribution in [0.2, 0.25) is 0 Å². The maximum atomic E-state index is 15.9. The first kappa shape index (κ1) is 26.8. The van der Waals surface area contributed by atoms with E-state index in [1.807, 2.05) is 29.5 Å². The number of alkyl halides is 3. The second-order valence-corrected chi connectivity index (χ2v) is 10.7. The molecule has 2 aromatic heterocycles. The second-order valence-electron chi connectivity index (χ2n) is 10.7. The Morgan fingerprint density at radius 2 is 1.87 bits per heavy atom. The van der Waals surface area contributed by atoms with E-state index in [1.165, 1.54) is 30.1 Å². The Kier molecular flexibility index (Phi) is 6.47. The number of aromatic nitrogens is 3. The number of fused-ring (bicyclic) bond motifs is 2. The topological polar surface area (TPSA) is 60.2 Å². The van der Waals surface area contributed by atoms with Crippen molar-refractivity contribution in [2.24, 2.45) is 13.0 Å². The third-order valence-corrected chi connectivity index (χ3v) is 6.99. The van der Waals surface area contributed by atoms with E-state index in [0.29, 0.717) is 22.4 Å². The Labute approximate surface area is 224 Å². The summed E-state index contributed by atoms with van der Waals surface area (Å²) in [6.07, 6.45) is -1.49. The smallest absolute Gasteiger partial charge is 0.418 e. The quantitative estimate of drug-likeness (QED) is 0.278. The lowest BCUT2D eigenvalue weighted by atomic mass is 9.59. The van der Waals surface area contributed by atoms with Gasteiger partial charge in [-0.05, 0) is 47.4 Å². The molecule has 0 aliphatic carbocycles. The minimum atomic E-state index is -4.59. The number of aryl methyl sites for hydroxylation is 1. The lowest BCUT2D eigenvalue weighted by Gasteiger charge is -2.33. The van der Waals surface area contributed by atoms with Gasteiger partial charge in [0.25, 0.3) is 5.91 Å². The van der Waals surface area contributed by atoms with Crippen LogP contribution in [0.4, 0.5) is 17.6 Å². The van der Waals surface area contributed by atoms with Gasteiger partial charge in [-0.25, -0.2) is 4.39 Å². The Morgan fingerprint density at radius 3 is 2.54 bits per heavy atom. The molecule has 0 spiro atoms. The first-order valence-electron chi connectivity index (χ1n) is 12.6. The molecule has 3 heterocycles. The fourth-order valence-electron chi connectivity index (χ4n) is 5.03. The monoisotopic (exact) mass is 536 g/mol. The van der Waals surface area contributed by atoms with Crippen LogP contribution in [0.25, 0.3) is 22.0 Å². The lowest BCUT2D eigenvalue weighted by molar-refractivity contribution is -0.136. The predicted octanol–water partition coefficient (Wildman–Crippen LogP) is 3.86. The molecule has 5 rings (SSSR count). The van der Waals surface area contributed by atoms with Crippen molar-refractivity contribution in [3.05, 3.63) is 77.0 Å². The molecule has 6 nitrogen and oxygen atoms in total. The molecule has 1 aliphatic heterocycles. The average Bonchev–Trinajstić information content (AvgIpc) is 3.33. The molecule has 39 heavy (non-hydrogen) atoms. The van der Waals surface area contributed by atoms with Crippen LogP contribution in [0, 0.1) is 11.7 Å². The van der Waals surface area contributed by atoms with E-state index in [-0.39, 0.29) is 47.2 Å². The van der Waals surface area contributed by atoms with Gasteiger partial charge in [0.15, 0.2) is 0 Å². The van der Waals surface area contributed by atoms with Crippen molar-refractivity contribution >= 4 is 32.5 Å². The molecule has 0 saturated heterocycles. The summed E-state index contributed by atoms with van der Waals surface area (Å²) in [6, 6.07) is 8.56. The number of amides is 1. The molecule has 2 aromatic carbocycles. The van der Waals surface area contributed by atoms with Crippen molar-refractivity contribution in [3.8, 4) is 16.9 Å². The van der Waals surface area contributed by atoms with Gasteiger partial charge in [-0.3, -0.25) is 14.5 Å². The normalized spacial score (nSPS) is 14.9. The van der Waals surface area contributed by atoms with Crippen molar-refractivity contribution in [1.29, 1.82) is 0 Å². The molecule has 1 aliphatic rings. The largest absolute Gasteiger partial charge is 0.493 e. The number of pyridine rings is 1. The molecule has 12 heteroatoms. The SMILES string of the molecule is BC1(B)c2ncccc2C(=O)N1Cc1c(F)cc(-c2ccc(C(F)(F)F)c3nn(C)cc23)cc1OCC(C)C. The fourth-order valence-corrected chi connectivity index (χ4v) is 5.03. The number of ether oxygens (including phenoxy) is 1. The van der Waals surface area contributed by atoms with E-state index in [2.05, 4.69) is 10.1 Å². The molecule has 0 saturated carbocycles. The molecule has 0 N–H and O–H groups in total. The molecule has 4 aromatic rings. The van der Waals surface area contributed by atoms with Gasteiger partial charge in [-0.2, -0.15) is 18.3 Å². The predicted molar refractivity (Wildman–Crippen MR) is 144 cm³/mol. The highest BCUT2D eigenvalue weighted by Crippen LogP contribution is 2.41. The fraction of sp³-hybridized carbons (Fsp3) is 0.296. The molecular weight excluding hydrogens is 510 g/mol. The minimum absolute atomic E-state index is 0.0724. The van der Waals surface area contributed by atoms with E-state index >= 15 is 4.39 Å². The van der Waals surface area contributed by atoms with E-state index in [0.717, 1.165) is 6.07 Å². The molecule has 1 amide bonds. The van der Waals surface area contributed by atoms with E-state index in [1.54, 1.807) is 29.3 Å². The Hall–Kier alpha value is -3.82. The molecule has 0 unspecified atom stereocenters. The summed E-state index contributed by atoms with van der Waals surface area (Å²) in [4.78, 5) is 19.2. The number of carbonyl (C=O) groups is 1. The van der Waals surface area contributed by atoms with Crippen molar-refractivity contribution in [2.75, 3.05) is 6.61 Å². The first-order chi connectivity index (χ1) is 18.3. The maximum absolute atomic E-state index is 15.9. The summed E-state index contributed by atoms with van der Waals surface area (Å²) < 4.78 is 64.2. The molecule has 0 fully saturated rings. The molecule has 200 valence electrons. The van der Waals surface area contributed by atoms with Crippen LogP contribution in [-0.4, -0.2) is 47.9 Å². The van der Waals surface area contributed by atoms with Crippen molar-refractivity contribution in [2.45, 2.75) is 31.9 Å². The van der Waals surface area contributed by atoms with Crippen molar-refractivity contribution < 1.29 is 27.1 Å². The zero-order valence-electron chi connectivity index (χ0n) is 22.2. The van der Waals surface area contributed by atoms with Crippen LogP contribution in [0.5, 0.6) is 5.75 Å². The Balaban J connectivity index is 1.62. The number of carbonyl (C=O) groups excluding carboxylic acids is 1. The van der Waals surface area contributed by atoms with Gasteiger partial charge in [0.2, 0.25) is 0 Å². The summed E-state index contributed by atoms with van der Waals surface area (Å²) in [5.41, 5.74) is 0.916. The number of rotatable bonds is 6. The van der Waals surface area contributed by atoms with Crippen LogP contribution in [-0.2, 0) is 25.1 Å². The van der Waals surface area contributed by atoms with Gasteiger partial charge in [0, 0.05) is 35.7 Å². The van der Waals surface area contributed by atoms with Gasteiger partial charge >= 0.3 is 6.18 Å². The molecular formula is C27H26B2F4N4O2. The summed E-state index contributed by atoms with van der Waals surface area (Å²) in [5.74, 6) is -0.543. The second kappa shape index (κ2) is 9.43. The number of hydrogen-bond acceptors (Lipinski definition) is 4. The highest BCUT2D eigenvalue weighted by Gasteiger charge is 2.44. The highest BCUT2D eigenvalue weighted by atomic mass is 19.4. The van der Waals surface area contributed by atoms with Crippen LogP contribution in [0.3, 0.4) is 0 Å². The average molecular weight is 536 g/mol. The molecule has 0 radical (unpaired) electrons. The zero-order chi connectivity index (χ0) is 28.3. The number of hydrogen-bond donors (Lipinski definition) is 0. The van der Waals surface area contributed by atoms with E-state index in [9.17, 15) is 18.0 Å². The van der Waals surface area contributed by atoms with Crippen LogP contribution in [0.15, 0.2) is 48.8 Å². The summed E-state index contributed by atoms with van der Waals surface area (Å²) in [5, 5.41) is 3.48. The Bertz CT molecular complexity index is 1600. The third kappa shape index (κ3) is 4.66. The van der Waals surface area contributed by atoms with Gasteiger partial charge in [-0.15, -0.1) is 0 Å². The lowest BCUT2D eigenvalue weighted by Crippen LogP contribution is -2.45. The van der Waals surface area contributed by atoms with Crippen LogP contribution in [0.1, 0.15) is 41.0 Å². The van der Waals surface area contributed by atoms with Crippen molar-refractivity contribution in [3.63, 3.8) is 0 Å². The number of benzene rings is 2. The van der Waals surface area contributed by atoms with E-state index in [4.69, 9.17) is 4.74 Å². The summed E-state index contributed by atoms with van der Waals surface area (Å²) in [6.45, 7) is 4.11. The maximum Gasteiger partial charge on any atom is 0.418 e. The van der Waals surface area contributed by atoms with E-state index < -0.39 is 22.9 Å². The van der Waals surface area contributed by atoms with Crippen LogP contribution < -0.4 is 4.74 Å². The number of nitrogens with zero attached hydrogens (tertiary/aromatic N) is 4.